The number of nitrogens with two attached hydrogens (primary N) is 1. The van der Waals surface area contributed by atoms with Gasteiger partial charge in [0.2, 0.25) is 0 Å². The van der Waals surface area contributed by atoms with Gasteiger partial charge in [-0.3, -0.25) is 9.67 Å². The number of para-hydroxylation sites is 1. The van der Waals surface area contributed by atoms with Crippen LogP contribution >= 0.6 is 11.5 Å². The number of nitrogens with zero attached hydrogens (tertiary/aromatic N) is 7. The van der Waals surface area contributed by atoms with Crippen LogP contribution < -0.4 is 15.8 Å². The Kier molecular flexibility index (Phi) is 4.84. The fraction of sp³-hybridized carbons (Fsp3) is 0.100. The van der Waals surface area contributed by atoms with E-state index in [1.54, 1.807) is 25.7 Å². The highest BCUT2D eigenvalue weighted by atomic mass is 32.1. The van der Waals surface area contributed by atoms with Crippen LogP contribution in [0, 0.1) is 0 Å². The van der Waals surface area contributed by atoms with Crippen molar-refractivity contribution in [2.24, 2.45) is 0 Å². The van der Waals surface area contributed by atoms with Crippen LogP contribution in [0.25, 0.3) is 22.4 Å². The minimum Gasteiger partial charge on any atom is -0.491 e. The molecule has 0 bridgehead atoms. The second-order valence-electron chi connectivity index (χ2n) is 6.54. The second-order valence-corrected chi connectivity index (χ2v) is 7.33. The average molecular weight is 431 g/mol. The third kappa shape index (κ3) is 3.73. The molecule has 3 N–H and O–H groups in total. The van der Waals surface area contributed by atoms with Gasteiger partial charge in [0.15, 0.2) is 28.3 Å². The van der Waals surface area contributed by atoms with E-state index in [0.29, 0.717) is 40.6 Å². The van der Waals surface area contributed by atoms with E-state index in [9.17, 15) is 0 Å². The van der Waals surface area contributed by atoms with Gasteiger partial charge in [0.1, 0.15) is 12.2 Å². The van der Waals surface area contributed by atoms with E-state index in [1.165, 1.54) is 0 Å². The zero-order valence-electron chi connectivity index (χ0n) is 16.4. The van der Waals surface area contributed by atoms with Crippen LogP contribution in [0.5, 0.6) is 5.75 Å². The molecule has 1 aromatic carbocycles. The van der Waals surface area contributed by atoms with E-state index in [2.05, 4.69) is 24.6 Å². The molecule has 0 aliphatic carbocycles. The standard InChI is InChI=1S/C20H17N9OS/c1-30-15-10-23-19(26-18(15)24-12-6-8-22-9-7-12)17-13-4-2-3-5-14(13)29(27-17)11-16-25-20(21)31-28-16/h2-10H,11H2,1H3,(H2,21,25,28)(H,22,23,24,26). The smallest absolute Gasteiger partial charge is 0.200 e. The summed E-state index contributed by atoms with van der Waals surface area (Å²) in [4.78, 5) is 17.4. The largest absolute Gasteiger partial charge is 0.491 e. The third-order valence-electron chi connectivity index (χ3n) is 4.56. The Labute approximate surface area is 181 Å². The van der Waals surface area contributed by atoms with Crippen molar-refractivity contribution in [1.29, 1.82) is 0 Å². The summed E-state index contributed by atoms with van der Waals surface area (Å²) in [5.41, 5.74) is 8.13. The highest BCUT2D eigenvalue weighted by Gasteiger charge is 2.18. The minimum atomic E-state index is 0.395. The summed E-state index contributed by atoms with van der Waals surface area (Å²) in [6.45, 7) is 0.395. The lowest BCUT2D eigenvalue weighted by Crippen LogP contribution is -2.04. The third-order valence-corrected chi connectivity index (χ3v) is 5.14. The first-order valence-corrected chi connectivity index (χ1v) is 10.1. The van der Waals surface area contributed by atoms with Crippen LogP contribution in [-0.2, 0) is 6.54 Å². The van der Waals surface area contributed by atoms with Crippen LogP contribution in [0.1, 0.15) is 5.82 Å². The van der Waals surface area contributed by atoms with Gasteiger partial charge in [-0.25, -0.2) is 15.0 Å². The number of nitrogen functional groups attached to an aromatic ring is 1. The van der Waals surface area contributed by atoms with Crippen molar-refractivity contribution in [1.82, 2.24) is 34.1 Å². The summed E-state index contributed by atoms with van der Waals surface area (Å²) in [5, 5.41) is 9.36. The maximum Gasteiger partial charge on any atom is 0.200 e. The SMILES string of the molecule is COc1cnc(-c2nn(Cc3nsc(N)n3)c3ccccc23)nc1Nc1ccncc1. The summed E-state index contributed by atoms with van der Waals surface area (Å²) < 4.78 is 11.5. The van der Waals surface area contributed by atoms with Crippen LogP contribution in [-0.4, -0.2) is 41.2 Å². The van der Waals surface area contributed by atoms with Crippen molar-refractivity contribution in [2.75, 3.05) is 18.2 Å². The van der Waals surface area contributed by atoms with Gasteiger partial charge in [0.25, 0.3) is 0 Å². The summed E-state index contributed by atoms with van der Waals surface area (Å²) in [5.74, 6) is 2.13. The molecule has 0 aliphatic rings. The lowest BCUT2D eigenvalue weighted by molar-refractivity contribution is 0.413. The molecule has 0 unspecified atom stereocenters. The van der Waals surface area contributed by atoms with E-state index < -0.39 is 0 Å². The fourth-order valence-corrected chi connectivity index (χ4v) is 3.62. The Balaban J connectivity index is 1.58. The minimum absolute atomic E-state index is 0.395. The molecule has 154 valence electrons. The van der Waals surface area contributed by atoms with Gasteiger partial charge in [0.05, 0.1) is 18.8 Å². The molecule has 31 heavy (non-hydrogen) atoms. The molecule has 0 saturated carbocycles. The number of methoxy groups -OCH3 is 1. The van der Waals surface area contributed by atoms with E-state index in [1.807, 2.05) is 41.1 Å². The van der Waals surface area contributed by atoms with Crippen molar-refractivity contribution in [3.05, 3.63) is 60.8 Å². The number of ether oxygens (including phenoxy) is 1. The summed E-state index contributed by atoms with van der Waals surface area (Å²) in [6.07, 6.45) is 5.03. The monoisotopic (exact) mass is 431 g/mol. The summed E-state index contributed by atoms with van der Waals surface area (Å²) in [6, 6.07) is 11.6. The lowest BCUT2D eigenvalue weighted by atomic mass is 10.2. The number of aromatic nitrogens is 7. The summed E-state index contributed by atoms with van der Waals surface area (Å²) in [7, 11) is 1.58. The highest BCUT2D eigenvalue weighted by Crippen LogP contribution is 2.30. The van der Waals surface area contributed by atoms with Crippen molar-refractivity contribution < 1.29 is 4.74 Å². The lowest BCUT2D eigenvalue weighted by Gasteiger charge is -2.10. The van der Waals surface area contributed by atoms with Crippen LogP contribution in [0.4, 0.5) is 16.6 Å². The van der Waals surface area contributed by atoms with Gasteiger partial charge in [-0.2, -0.15) is 9.47 Å². The number of benzene rings is 1. The Morgan fingerprint density at radius 3 is 2.74 bits per heavy atom. The number of pyridine rings is 1. The molecule has 0 radical (unpaired) electrons. The van der Waals surface area contributed by atoms with Gasteiger partial charge >= 0.3 is 0 Å². The number of anilines is 3. The molecule has 0 spiro atoms. The first-order valence-electron chi connectivity index (χ1n) is 9.33. The molecular weight excluding hydrogens is 414 g/mol. The zero-order chi connectivity index (χ0) is 21.2. The van der Waals surface area contributed by atoms with Gasteiger partial charge in [0, 0.05) is 35.0 Å². The molecule has 5 rings (SSSR count). The van der Waals surface area contributed by atoms with Gasteiger partial charge < -0.3 is 15.8 Å². The van der Waals surface area contributed by atoms with E-state index in [0.717, 1.165) is 28.1 Å². The Hall–Kier alpha value is -4.12. The maximum absolute atomic E-state index is 5.72. The molecule has 0 amide bonds. The molecule has 10 nitrogen and oxygen atoms in total. The molecular formula is C20H17N9OS. The molecule has 0 atom stereocenters. The van der Waals surface area contributed by atoms with E-state index in [-0.39, 0.29) is 0 Å². The molecule has 11 heteroatoms. The average Bonchev–Trinajstić information content (AvgIpc) is 3.38. The van der Waals surface area contributed by atoms with Crippen LogP contribution in [0.2, 0.25) is 0 Å². The van der Waals surface area contributed by atoms with Crippen molar-refractivity contribution in [3.63, 3.8) is 0 Å². The second kappa shape index (κ2) is 7.95. The van der Waals surface area contributed by atoms with Gasteiger partial charge in [-0.05, 0) is 18.2 Å². The summed E-state index contributed by atoms with van der Waals surface area (Å²) >= 11 is 1.16. The molecule has 0 aliphatic heterocycles. The number of hydrogen-bond acceptors (Lipinski definition) is 10. The Bertz CT molecular complexity index is 1350. The number of nitrogens with one attached hydrogen (secondary N) is 1. The number of fused-ring (bicyclic) bond motifs is 1. The number of rotatable bonds is 6. The van der Waals surface area contributed by atoms with E-state index >= 15 is 0 Å². The highest BCUT2D eigenvalue weighted by molar-refractivity contribution is 7.09. The van der Waals surface area contributed by atoms with Gasteiger partial charge in [-0.1, -0.05) is 18.2 Å². The Morgan fingerprint density at radius 2 is 1.97 bits per heavy atom. The van der Waals surface area contributed by atoms with Crippen LogP contribution in [0.3, 0.4) is 0 Å². The molecule has 4 heterocycles. The van der Waals surface area contributed by atoms with E-state index in [4.69, 9.17) is 20.6 Å². The van der Waals surface area contributed by atoms with Gasteiger partial charge in [-0.15, -0.1) is 0 Å². The van der Waals surface area contributed by atoms with Crippen molar-refractivity contribution in [3.8, 4) is 17.3 Å². The molecule has 5 aromatic rings. The molecule has 0 saturated heterocycles. The van der Waals surface area contributed by atoms with Crippen molar-refractivity contribution in [2.45, 2.75) is 6.54 Å². The molecule has 0 fully saturated rings. The zero-order valence-corrected chi connectivity index (χ0v) is 17.2. The maximum atomic E-state index is 5.72. The van der Waals surface area contributed by atoms with Crippen molar-refractivity contribution >= 4 is 39.1 Å². The molecule has 4 aromatic heterocycles. The topological polar surface area (TPSA) is 130 Å². The normalized spacial score (nSPS) is 11.0. The first kappa shape index (κ1) is 18.9. The van der Waals surface area contributed by atoms with Crippen LogP contribution in [0.15, 0.2) is 55.0 Å². The predicted octanol–water partition coefficient (Wildman–Crippen LogP) is 3.12. The Morgan fingerprint density at radius 1 is 1.13 bits per heavy atom. The predicted molar refractivity (Wildman–Crippen MR) is 118 cm³/mol. The quantitative estimate of drug-likeness (QED) is 0.416. The first-order chi connectivity index (χ1) is 15.2. The fourth-order valence-electron chi connectivity index (χ4n) is 3.17. The number of hydrogen-bond donors (Lipinski definition) is 2.